The van der Waals surface area contributed by atoms with E-state index in [9.17, 15) is 9.59 Å². The molecule has 0 atom stereocenters. The van der Waals surface area contributed by atoms with Crippen LogP contribution in [0, 0.1) is 0 Å². The van der Waals surface area contributed by atoms with E-state index in [4.69, 9.17) is 11.6 Å². The number of amides is 2. The van der Waals surface area contributed by atoms with Crippen molar-refractivity contribution in [2.75, 3.05) is 19.8 Å². The van der Waals surface area contributed by atoms with Crippen molar-refractivity contribution in [3.63, 3.8) is 0 Å². The molecule has 0 saturated carbocycles. The van der Waals surface area contributed by atoms with Crippen LogP contribution >= 0.6 is 23.4 Å². The smallest absolute Gasteiger partial charge is 0.251 e. The van der Waals surface area contributed by atoms with Crippen molar-refractivity contribution >= 4 is 35.2 Å². The number of benzene rings is 2. The standard InChI is InChI=1S/C19H21ClN2O2S/c1-21-19(24)15-5-3-14(4-6-15)13-22(2)18(23)11-12-25-17-9-7-16(20)8-10-17/h3-10H,11-13H2,1-2H3,(H,21,24). The number of hydrogen-bond donors (Lipinski definition) is 1. The van der Waals surface area contributed by atoms with E-state index in [0.29, 0.717) is 23.6 Å². The highest BCUT2D eigenvalue weighted by Gasteiger charge is 2.10. The van der Waals surface area contributed by atoms with E-state index in [-0.39, 0.29) is 11.8 Å². The Labute approximate surface area is 157 Å². The maximum absolute atomic E-state index is 12.2. The van der Waals surface area contributed by atoms with Crippen molar-refractivity contribution < 1.29 is 9.59 Å². The molecule has 0 spiro atoms. The van der Waals surface area contributed by atoms with E-state index in [1.807, 2.05) is 36.4 Å². The zero-order valence-corrected chi connectivity index (χ0v) is 15.9. The molecule has 0 aliphatic rings. The maximum Gasteiger partial charge on any atom is 0.251 e. The molecular weight excluding hydrogens is 356 g/mol. The third-order valence-corrected chi connectivity index (χ3v) is 4.95. The van der Waals surface area contributed by atoms with E-state index in [2.05, 4.69) is 5.32 Å². The highest BCUT2D eigenvalue weighted by atomic mass is 35.5. The summed E-state index contributed by atoms with van der Waals surface area (Å²) in [7, 11) is 3.40. The van der Waals surface area contributed by atoms with E-state index in [0.717, 1.165) is 16.2 Å². The number of nitrogens with one attached hydrogen (secondary N) is 1. The summed E-state index contributed by atoms with van der Waals surface area (Å²) in [5.41, 5.74) is 1.61. The molecule has 0 bridgehead atoms. The van der Waals surface area contributed by atoms with Crippen LogP contribution in [0.3, 0.4) is 0 Å². The fraction of sp³-hybridized carbons (Fsp3) is 0.263. The second-order valence-electron chi connectivity index (χ2n) is 5.58. The number of carbonyl (C=O) groups excluding carboxylic acids is 2. The van der Waals surface area contributed by atoms with Crippen LogP contribution in [-0.2, 0) is 11.3 Å². The average molecular weight is 377 g/mol. The minimum absolute atomic E-state index is 0.0943. The number of halogens is 1. The Bertz CT molecular complexity index is 717. The molecule has 1 N–H and O–H groups in total. The van der Waals surface area contributed by atoms with Crippen molar-refractivity contribution in [3.05, 3.63) is 64.7 Å². The zero-order valence-electron chi connectivity index (χ0n) is 14.3. The summed E-state index contributed by atoms with van der Waals surface area (Å²) >= 11 is 7.50. The van der Waals surface area contributed by atoms with Crippen molar-refractivity contribution in [2.45, 2.75) is 17.9 Å². The van der Waals surface area contributed by atoms with Crippen molar-refractivity contribution in [3.8, 4) is 0 Å². The van der Waals surface area contributed by atoms with Crippen LogP contribution in [0.5, 0.6) is 0 Å². The summed E-state index contributed by atoms with van der Waals surface area (Å²) in [6.45, 7) is 0.526. The van der Waals surface area contributed by atoms with Crippen LogP contribution in [0.1, 0.15) is 22.3 Å². The lowest BCUT2D eigenvalue weighted by molar-refractivity contribution is -0.129. The molecule has 0 heterocycles. The van der Waals surface area contributed by atoms with Crippen molar-refractivity contribution in [2.24, 2.45) is 0 Å². The Balaban J connectivity index is 1.79. The van der Waals surface area contributed by atoms with Gasteiger partial charge in [0.2, 0.25) is 5.91 Å². The summed E-state index contributed by atoms with van der Waals surface area (Å²) < 4.78 is 0. The maximum atomic E-state index is 12.2. The van der Waals surface area contributed by atoms with Gasteiger partial charge in [-0.25, -0.2) is 0 Å². The molecule has 0 fully saturated rings. The van der Waals surface area contributed by atoms with E-state index < -0.39 is 0 Å². The minimum Gasteiger partial charge on any atom is -0.355 e. The molecule has 0 aromatic heterocycles. The Hall–Kier alpha value is -1.98. The molecule has 0 aliphatic carbocycles. The highest BCUT2D eigenvalue weighted by molar-refractivity contribution is 7.99. The van der Waals surface area contributed by atoms with Gasteiger partial charge in [-0.3, -0.25) is 9.59 Å². The second-order valence-corrected chi connectivity index (χ2v) is 7.18. The van der Waals surface area contributed by atoms with Gasteiger partial charge in [-0.05, 0) is 42.0 Å². The normalized spacial score (nSPS) is 10.4. The van der Waals surface area contributed by atoms with Crippen molar-refractivity contribution in [1.29, 1.82) is 0 Å². The lowest BCUT2D eigenvalue weighted by atomic mass is 10.1. The van der Waals surface area contributed by atoms with Gasteiger partial charge in [-0.1, -0.05) is 23.7 Å². The summed E-state index contributed by atoms with van der Waals surface area (Å²) in [6, 6.07) is 14.9. The summed E-state index contributed by atoms with van der Waals surface area (Å²) in [5.74, 6) is 0.701. The fourth-order valence-corrected chi connectivity index (χ4v) is 3.21. The molecule has 2 amide bonds. The Morgan fingerprint density at radius 2 is 1.72 bits per heavy atom. The molecule has 2 rings (SSSR count). The highest BCUT2D eigenvalue weighted by Crippen LogP contribution is 2.21. The minimum atomic E-state index is -0.116. The predicted molar refractivity (Wildman–Crippen MR) is 103 cm³/mol. The van der Waals surface area contributed by atoms with Gasteiger partial charge < -0.3 is 10.2 Å². The quantitative estimate of drug-likeness (QED) is 0.747. The molecule has 2 aromatic rings. The Kier molecular flexibility index (Phi) is 7.34. The molecule has 4 nitrogen and oxygen atoms in total. The van der Waals surface area contributed by atoms with Gasteiger partial charge in [0.25, 0.3) is 5.91 Å². The van der Waals surface area contributed by atoms with Crippen LogP contribution in [-0.4, -0.2) is 36.6 Å². The molecule has 25 heavy (non-hydrogen) atoms. The van der Waals surface area contributed by atoms with Crippen molar-refractivity contribution in [1.82, 2.24) is 10.2 Å². The molecule has 0 radical (unpaired) electrons. The first-order chi connectivity index (χ1) is 12.0. The number of nitrogens with zero attached hydrogens (tertiary/aromatic N) is 1. The molecule has 132 valence electrons. The second kappa shape index (κ2) is 9.49. The summed E-state index contributed by atoms with van der Waals surface area (Å²) in [5, 5.41) is 3.30. The third-order valence-electron chi connectivity index (χ3n) is 3.69. The fourth-order valence-electron chi connectivity index (χ4n) is 2.25. The first kappa shape index (κ1) is 19.3. The van der Waals surface area contributed by atoms with E-state index >= 15 is 0 Å². The van der Waals surface area contributed by atoms with Gasteiger partial charge in [-0.2, -0.15) is 0 Å². The lowest BCUT2D eigenvalue weighted by Crippen LogP contribution is -2.26. The largest absolute Gasteiger partial charge is 0.355 e. The lowest BCUT2D eigenvalue weighted by Gasteiger charge is -2.17. The van der Waals surface area contributed by atoms with E-state index in [1.54, 1.807) is 42.9 Å². The molecule has 2 aromatic carbocycles. The van der Waals surface area contributed by atoms with Gasteiger partial charge in [0.1, 0.15) is 0 Å². The first-order valence-electron chi connectivity index (χ1n) is 7.93. The monoisotopic (exact) mass is 376 g/mol. The zero-order chi connectivity index (χ0) is 18.2. The summed E-state index contributed by atoms with van der Waals surface area (Å²) in [4.78, 5) is 26.6. The topological polar surface area (TPSA) is 49.4 Å². The first-order valence-corrected chi connectivity index (χ1v) is 9.29. The van der Waals surface area contributed by atoms with Crippen LogP contribution in [0.2, 0.25) is 5.02 Å². The van der Waals surface area contributed by atoms with E-state index in [1.165, 1.54) is 0 Å². The third kappa shape index (κ3) is 6.11. The number of carbonyl (C=O) groups is 2. The molecule has 6 heteroatoms. The Morgan fingerprint density at radius 1 is 1.08 bits per heavy atom. The summed E-state index contributed by atoms with van der Waals surface area (Å²) in [6.07, 6.45) is 0.472. The Morgan fingerprint density at radius 3 is 2.32 bits per heavy atom. The number of rotatable bonds is 7. The number of hydrogen-bond acceptors (Lipinski definition) is 3. The van der Waals surface area contributed by atoms with Gasteiger partial charge in [0, 0.05) is 48.3 Å². The molecule has 0 saturated heterocycles. The van der Waals surface area contributed by atoms with Crippen LogP contribution in [0.25, 0.3) is 0 Å². The van der Waals surface area contributed by atoms with Gasteiger partial charge in [0.15, 0.2) is 0 Å². The van der Waals surface area contributed by atoms with Crippen LogP contribution in [0.4, 0.5) is 0 Å². The molecule has 0 unspecified atom stereocenters. The predicted octanol–water partition coefficient (Wildman–Crippen LogP) is 3.84. The van der Waals surface area contributed by atoms with Crippen LogP contribution < -0.4 is 5.32 Å². The number of thioether (sulfide) groups is 1. The van der Waals surface area contributed by atoms with Gasteiger partial charge >= 0.3 is 0 Å². The SMILES string of the molecule is CNC(=O)c1ccc(CN(C)C(=O)CCSc2ccc(Cl)cc2)cc1. The molecule has 0 aliphatic heterocycles. The molecular formula is C19H21ClN2O2S. The van der Waals surface area contributed by atoms with Gasteiger partial charge in [0.05, 0.1) is 0 Å². The van der Waals surface area contributed by atoms with Crippen LogP contribution in [0.15, 0.2) is 53.4 Å². The van der Waals surface area contributed by atoms with Gasteiger partial charge in [-0.15, -0.1) is 11.8 Å². The average Bonchev–Trinajstić information content (AvgIpc) is 2.63.